The van der Waals surface area contributed by atoms with E-state index in [0.717, 1.165) is 41.2 Å². The maximum Gasteiger partial charge on any atom is 0.315 e. The first kappa shape index (κ1) is 17.2. The fraction of sp³-hybridized carbons (Fsp3) is 0.682. The quantitative estimate of drug-likeness (QED) is 0.816. The first-order chi connectivity index (χ1) is 13.1. The van der Waals surface area contributed by atoms with Crippen LogP contribution >= 0.6 is 0 Å². The molecule has 1 aliphatic heterocycles. The first-order valence-corrected chi connectivity index (χ1v) is 10.6. The second kappa shape index (κ2) is 6.61. The molecule has 27 heavy (non-hydrogen) atoms. The summed E-state index contributed by atoms with van der Waals surface area (Å²) in [6.45, 7) is 3.00. The molecule has 4 bridgehead atoms. The maximum absolute atomic E-state index is 12.6. The number of urea groups is 1. The van der Waals surface area contributed by atoms with Crippen molar-refractivity contribution < 1.29 is 14.3 Å². The molecule has 1 aromatic carbocycles. The molecule has 1 heterocycles. The zero-order valence-electron chi connectivity index (χ0n) is 16.1. The minimum atomic E-state index is -0.0461. The summed E-state index contributed by atoms with van der Waals surface area (Å²) in [6.07, 6.45) is 9.29. The monoisotopic (exact) mass is 370 g/mol. The van der Waals surface area contributed by atoms with Gasteiger partial charge in [-0.05, 0) is 85.8 Å². The van der Waals surface area contributed by atoms with Crippen molar-refractivity contribution in [2.45, 2.75) is 64.5 Å². The number of benzene rings is 1. The van der Waals surface area contributed by atoms with E-state index in [-0.39, 0.29) is 12.8 Å². The molecule has 2 N–H and O–H groups in total. The molecule has 0 spiro atoms. The van der Waals surface area contributed by atoms with Crippen molar-refractivity contribution in [1.82, 2.24) is 10.6 Å². The summed E-state index contributed by atoms with van der Waals surface area (Å²) < 4.78 is 10.8. The van der Waals surface area contributed by atoms with E-state index >= 15 is 0 Å². The van der Waals surface area contributed by atoms with Gasteiger partial charge < -0.3 is 20.1 Å². The van der Waals surface area contributed by atoms with Crippen LogP contribution in [0.1, 0.15) is 57.4 Å². The third kappa shape index (κ3) is 3.15. The van der Waals surface area contributed by atoms with Gasteiger partial charge in [0.15, 0.2) is 11.5 Å². The van der Waals surface area contributed by atoms with Gasteiger partial charge in [-0.15, -0.1) is 0 Å². The van der Waals surface area contributed by atoms with Gasteiger partial charge in [0.25, 0.3) is 0 Å². The zero-order chi connectivity index (χ0) is 18.4. The van der Waals surface area contributed by atoms with Crippen LogP contribution in [0.15, 0.2) is 18.2 Å². The Kier molecular flexibility index (Phi) is 4.21. The van der Waals surface area contributed by atoms with Crippen molar-refractivity contribution in [3.63, 3.8) is 0 Å². The van der Waals surface area contributed by atoms with E-state index < -0.39 is 0 Å². The van der Waals surface area contributed by atoms with E-state index in [1.165, 1.54) is 38.5 Å². The lowest BCUT2D eigenvalue weighted by Gasteiger charge is -2.59. The van der Waals surface area contributed by atoms with Crippen molar-refractivity contribution in [2.75, 3.05) is 6.79 Å². The van der Waals surface area contributed by atoms with Crippen LogP contribution in [0, 0.1) is 23.2 Å². The number of rotatable bonds is 5. The predicted octanol–water partition coefficient (Wildman–Crippen LogP) is 4.21. The second-order valence-electron chi connectivity index (χ2n) is 9.26. The SMILES string of the molecule is CC[C@H](NC(=O)NCc1ccc2c(c1)OCO2)C12CC3CC(CC(C3)C1)C2. The Hall–Kier alpha value is -1.91. The molecule has 0 aromatic heterocycles. The number of hydrogen-bond acceptors (Lipinski definition) is 3. The summed E-state index contributed by atoms with van der Waals surface area (Å²) in [7, 11) is 0. The molecule has 146 valence electrons. The molecule has 4 aliphatic carbocycles. The van der Waals surface area contributed by atoms with Gasteiger partial charge in [-0.1, -0.05) is 13.0 Å². The lowest BCUT2D eigenvalue weighted by Crippen LogP contribution is -2.57. The van der Waals surface area contributed by atoms with Crippen LogP contribution in [-0.4, -0.2) is 18.9 Å². The molecule has 1 atom stereocenters. The third-order valence-electron chi connectivity index (χ3n) is 7.43. The highest BCUT2D eigenvalue weighted by molar-refractivity contribution is 5.74. The second-order valence-corrected chi connectivity index (χ2v) is 9.26. The highest BCUT2D eigenvalue weighted by Gasteiger charge is 2.54. The number of nitrogens with one attached hydrogen (secondary N) is 2. The Bertz CT molecular complexity index is 697. The molecule has 5 aliphatic rings. The Morgan fingerprint density at radius 3 is 2.44 bits per heavy atom. The smallest absolute Gasteiger partial charge is 0.315 e. The van der Waals surface area contributed by atoms with Crippen LogP contribution in [0.5, 0.6) is 11.5 Å². The van der Waals surface area contributed by atoms with Crippen LogP contribution in [0.3, 0.4) is 0 Å². The minimum absolute atomic E-state index is 0.0461. The van der Waals surface area contributed by atoms with E-state index in [2.05, 4.69) is 17.6 Å². The summed E-state index contributed by atoms with van der Waals surface area (Å²) in [4.78, 5) is 12.6. The number of amides is 2. The average molecular weight is 370 g/mol. The zero-order valence-corrected chi connectivity index (χ0v) is 16.1. The molecule has 6 rings (SSSR count). The van der Waals surface area contributed by atoms with Crippen molar-refractivity contribution >= 4 is 6.03 Å². The standard InChI is InChI=1S/C22H30N2O3/c1-2-20(22-9-15-5-16(10-22)7-17(6-15)11-22)24-21(25)23-12-14-3-4-18-19(8-14)27-13-26-18/h3-4,8,15-17,20H,2,5-7,9-13H2,1H3,(H2,23,24,25)/t15?,16?,17?,20-,22?/m0/s1. The van der Waals surface area contributed by atoms with Gasteiger partial charge in [0.1, 0.15) is 0 Å². The number of ether oxygens (including phenoxy) is 2. The van der Waals surface area contributed by atoms with E-state index in [0.29, 0.717) is 18.0 Å². The van der Waals surface area contributed by atoms with Gasteiger partial charge in [0.2, 0.25) is 6.79 Å². The van der Waals surface area contributed by atoms with Crippen LogP contribution < -0.4 is 20.1 Å². The summed E-state index contributed by atoms with van der Waals surface area (Å²) in [5, 5.41) is 6.38. The highest BCUT2D eigenvalue weighted by Crippen LogP contribution is 2.61. The highest BCUT2D eigenvalue weighted by atomic mass is 16.7. The van der Waals surface area contributed by atoms with Gasteiger partial charge in [-0.25, -0.2) is 4.79 Å². The summed E-state index contributed by atoms with van der Waals surface area (Å²) in [6, 6.07) is 6.07. The molecular formula is C22H30N2O3. The molecule has 0 saturated heterocycles. The Morgan fingerprint density at radius 2 is 1.78 bits per heavy atom. The van der Waals surface area contributed by atoms with Crippen LogP contribution in [0.25, 0.3) is 0 Å². The molecule has 4 fully saturated rings. The van der Waals surface area contributed by atoms with E-state index in [9.17, 15) is 4.79 Å². The lowest BCUT2D eigenvalue weighted by molar-refractivity contribution is -0.0721. The Balaban J connectivity index is 1.21. The normalized spacial score (nSPS) is 33.7. The van der Waals surface area contributed by atoms with Crippen molar-refractivity contribution in [3.8, 4) is 11.5 Å². The Morgan fingerprint density at radius 1 is 1.11 bits per heavy atom. The average Bonchev–Trinajstić information content (AvgIpc) is 3.11. The van der Waals surface area contributed by atoms with E-state index in [1.807, 2.05) is 18.2 Å². The molecular weight excluding hydrogens is 340 g/mol. The molecule has 1 aromatic rings. The van der Waals surface area contributed by atoms with Crippen LogP contribution in [0.2, 0.25) is 0 Å². The van der Waals surface area contributed by atoms with Crippen molar-refractivity contribution in [2.24, 2.45) is 23.2 Å². The number of fused-ring (bicyclic) bond motifs is 1. The summed E-state index contributed by atoms with van der Waals surface area (Å²) >= 11 is 0. The number of carbonyl (C=O) groups is 1. The molecule has 0 radical (unpaired) electrons. The topological polar surface area (TPSA) is 59.6 Å². The summed E-state index contributed by atoms with van der Waals surface area (Å²) in [5.74, 6) is 4.25. The fourth-order valence-electron chi connectivity index (χ4n) is 6.74. The molecule has 2 amide bonds. The number of carbonyl (C=O) groups excluding carboxylic acids is 1. The van der Waals surface area contributed by atoms with Crippen LogP contribution in [0.4, 0.5) is 4.79 Å². The molecule has 0 unspecified atom stereocenters. The third-order valence-corrected chi connectivity index (χ3v) is 7.43. The molecule has 5 heteroatoms. The molecule has 4 saturated carbocycles. The van der Waals surface area contributed by atoms with Gasteiger partial charge in [0.05, 0.1) is 0 Å². The predicted molar refractivity (Wildman–Crippen MR) is 103 cm³/mol. The largest absolute Gasteiger partial charge is 0.454 e. The first-order valence-electron chi connectivity index (χ1n) is 10.6. The van der Waals surface area contributed by atoms with Gasteiger partial charge in [0, 0.05) is 12.6 Å². The van der Waals surface area contributed by atoms with Crippen molar-refractivity contribution in [3.05, 3.63) is 23.8 Å². The minimum Gasteiger partial charge on any atom is -0.454 e. The van der Waals surface area contributed by atoms with Gasteiger partial charge in [-0.3, -0.25) is 0 Å². The summed E-state index contributed by atoms with van der Waals surface area (Å²) in [5.41, 5.74) is 1.37. The van der Waals surface area contributed by atoms with E-state index in [4.69, 9.17) is 9.47 Å². The Labute approximate surface area is 161 Å². The van der Waals surface area contributed by atoms with Crippen LogP contribution in [-0.2, 0) is 6.54 Å². The fourth-order valence-corrected chi connectivity index (χ4v) is 6.74. The van der Waals surface area contributed by atoms with Crippen molar-refractivity contribution in [1.29, 1.82) is 0 Å². The lowest BCUT2D eigenvalue weighted by atomic mass is 9.47. The molecule has 5 nitrogen and oxygen atoms in total. The van der Waals surface area contributed by atoms with Gasteiger partial charge in [-0.2, -0.15) is 0 Å². The van der Waals surface area contributed by atoms with E-state index in [1.54, 1.807) is 0 Å². The van der Waals surface area contributed by atoms with Gasteiger partial charge >= 0.3 is 6.03 Å². The number of hydrogen-bond donors (Lipinski definition) is 2. The maximum atomic E-state index is 12.6.